The van der Waals surface area contributed by atoms with Crippen LogP contribution in [0.4, 0.5) is 15.9 Å². The molecule has 0 amide bonds. The average Bonchev–Trinajstić information content (AvgIpc) is 2.54. The highest BCUT2D eigenvalue weighted by Crippen LogP contribution is 2.28. The molecule has 0 aliphatic heterocycles. The van der Waals surface area contributed by atoms with Crippen LogP contribution in [0, 0.1) is 29.8 Å². The molecule has 1 aromatic heterocycles. The molecule has 1 heterocycles. The standard InChI is InChI=1S/C11H11FN4O2/c1-6-5-8(12)3-4-9(6)15-11(13)10(16(17)18)7(2)14-15/h3-5H,13H2,1-2H3. The van der Waals surface area contributed by atoms with Crippen molar-refractivity contribution >= 4 is 11.5 Å². The number of aromatic nitrogens is 2. The zero-order valence-corrected chi connectivity index (χ0v) is 9.85. The second kappa shape index (κ2) is 4.10. The lowest BCUT2D eigenvalue weighted by Gasteiger charge is -2.06. The van der Waals surface area contributed by atoms with Gasteiger partial charge in [0, 0.05) is 0 Å². The summed E-state index contributed by atoms with van der Waals surface area (Å²) >= 11 is 0. The first-order chi connectivity index (χ1) is 8.41. The predicted octanol–water partition coefficient (Wildman–Crippen LogP) is 2.12. The Labute approximate surface area is 102 Å². The molecule has 0 unspecified atom stereocenters. The number of anilines is 1. The second-order valence-corrected chi connectivity index (χ2v) is 3.92. The molecule has 0 fully saturated rings. The first-order valence-corrected chi connectivity index (χ1v) is 5.18. The smallest absolute Gasteiger partial charge is 0.333 e. The van der Waals surface area contributed by atoms with E-state index in [-0.39, 0.29) is 23.0 Å². The summed E-state index contributed by atoms with van der Waals surface area (Å²) in [6, 6.07) is 4.05. The van der Waals surface area contributed by atoms with Gasteiger partial charge in [0.05, 0.1) is 10.6 Å². The lowest BCUT2D eigenvalue weighted by molar-refractivity contribution is -0.384. The number of rotatable bonds is 2. The van der Waals surface area contributed by atoms with Crippen LogP contribution in [-0.4, -0.2) is 14.7 Å². The van der Waals surface area contributed by atoms with E-state index < -0.39 is 4.92 Å². The van der Waals surface area contributed by atoms with Crippen LogP contribution in [0.1, 0.15) is 11.3 Å². The predicted molar refractivity (Wildman–Crippen MR) is 64.1 cm³/mol. The Morgan fingerprint density at radius 1 is 1.44 bits per heavy atom. The van der Waals surface area contributed by atoms with Crippen molar-refractivity contribution in [3.05, 3.63) is 45.4 Å². The van der Waals surface area contributed by atoms with Gasteiger partial charge in [-0.3, -0.25) is 10.1 Å². The summed E-state index contributed by atoms with van der Waals surface area (Å²) < 4.78 is 14.3. The van der Waals surface area contributed by atoms with Gasteiger partial charge in [-0.25, -0.2) is 9.07 Å². The molecule has 0 saturated heterocycles. The molecule has 94 valence electrons. The highest BCUT2D eigenvalue weighted by atomic mass is 19.1. The van der Waals surface area contributed by atoms with E-state index in [2.05, 4.69) is 5.10 Å². The molecule has 6 nitrogen and oxygen atoms in total. The Morgan fingerprint density at radius 2 is 2.11 bits per heavy atom. The maximum Gasteiger partial charge on any atom is 0.333 e. The van der Waals surface area contributed by atoms with E-state index in [1.165, 1.54) is 29.8 Å². The van der Waals surface area contributed by atoms with Crippen molar-refractivity contribution in [3.8, 4) is 5.69 Å². The van der Waals surface area contributed by atoms with Crippen LogP contribution in [0.5, 0.6) is 0 Å². The number of nitrogen functional groups attached to an aromatic ring is 1. The molecule has 0 aliphatic rings. The van der Waals surface area contributed by atoms with Crippen molar-refractivity contribution in [2.75, 3.05) is 5.73 Å². The number of aryl methyl sites for hydroxylation is 2. The third-order valence-corrected chi connectivity index (χ3v) is 2.63. The van der Waals surface area contributed by atoms with Gasteiger partial charge in [0.15, 0.2) is 0 Å². The summed E-state index contributed by atoms with van der Waals surface area (Å²) in [7, 11) is 0. The van der Waals surface area contributed by atoms with Gasteiger partial charge in [-0.2, -0.15) is 5.10 Å². The van der Waals surface area contributed by atoms with Crippen molar-refractivity contribution in [2.45, 2.75) is 13.8 Å². The molecule has 0 radical (unpaired) electrons. The van der Waals surface area contributed by atoms with Gasteiger partial charge in [0.25, 0.3) is 0 Å². The third kappa shape index (κ3) is 1.79. The molecule has 0 spiro atoms. The van der Waals surface area contributed by atoms with Gasteiger partial charge in [-0.15, -0.1) is 0 Å². The second-order valence-electron chi connectivity index (χ2n) is 3.92. The van der Waals surface area contributed by atoms with E-state index in [1.807, 2.05) is 0 Å². The Kier molecular flexibility index (Phi) is 2.74. The largest absolute Gasteiger partial charge is 0.378 e. The van der Waals surface area contributed by atoms with Crippen molar-refractivity contribution < 1.29 is 9.31 Å². The molecular weight excluding hydrogens is 239 g/mol. The highest BCUT2D eigenvalue weighted by Gasteiger charge is 2.24. The monoisotopic (exact) mass is 250 g/mol. The van der Waals surface area contributed by atoms with E-state index in [9.17, 15) is 14.5 Å². The van der Waals surface area contributed by atoms with Crippen LogP contribution in [-0.2, 0) is 0 Å². The maximum absolute atomic E-state index is 13.0. The number of nitrogens with zero attached hydrogens (tertiary/aromatic N) is 3. The summed E-state index contributed by atoms with van der Waals surface area (Å²) in [4.78, 5) is 10.3. The summed E-state index contributed by atoms with van der Waals surface area (Å²) in [6.45, 7) is 3.19. The topological polar surface area (TPSA) is 87.0 Å². The van der Waals surface area contributed by atoms with Crippen molar-refractivity contribution in [1.82, 2.24) is 9.78 Å². The highest BCUT2D eigenvalue weighted by molar-refractivity contribution is 5.60. The molecule has 2 aromatic rings. The molecule has 0 atom stereocenters. The van der Waals surface area contributed by atoms with Gasteiger partial charge in [0.1, 0.15) is 11.5 Å². The van der Waals surface area contributed by atoms with E-state index in [1.54, 1.807) is 6.92 Å². The van der Waals surface area contributed by atoms with Crippen LogP contribution < -0.4 is 5.73 Å². The van der Waals surface area contributed by atoms with Crippen LogP contribution in [0.2, 0.25) is 0 Å². The molecule has 2 N–H and O–H groups in total. The number of nitro groups is 1. The average molecular weight is 250 g/mol. The Bertz CT molecular complexity index is 636. The summed E-state index contributed by atoms with van der Waals surface area (Å²) in [5.41, 5.74) is 6.82. The fourth-order valence-electron chi connectivity index (χ4n) is 1.80. The SMILES string of the molecule is Cc1cc(F)ccc1-n1nc(C)c([N+](=O)[O-])c1N. The Balaban J connectivity index is 2.65. The molecule has 0 saturated carbocycles. The maximum atomic E-state index is 13.0. The quantitative estimate of drug-likeness (QED) is 0.653. The lowest BCUT2D eigenvalue weighted by atomic mass is 10.2. The number of benzene rings is 1. The normalized spacial score (nSPS) is 10.6. The molecule has 7 heteroatoms. The van der Waals surface area contributed by atoms with E-state index in [4.69, 9.17) is 5.73 Å². The molecule has 0 bridgehead atoms. The number of hydrogen-bond acceptors (Lipinski definition) is 4. The Morgan fingerprint density at radius 3 is 2.61 bits per heavy atom. The van der Waals surface area contributed by atoms with E-state index in [0.717, 1.165) is 0 Å². The zero-order valence-electron chi connectivity index (χ0n) is 9.85. The van der Waals surface area contributed by atoms with Crippen LogP contribution >= 0.6 is 0 Å². The fraction of sp³-hybridized carbons (Fsp3) is 0.182. The van der Waals surface area contributed by atoms with Crippen molar-refractivity contribution in [2.24, 2.45) is 0 Å². The van der Waals surface area contributed by atoms with Gasteiger partial charge in [-0.05, 0) is 37.6 Å². The van der Waals surface area contributed by atoms with Gasteiger partial charge >= 0.3 is 5.69 Å². The molecule has 0 aliphatic carbocycles. The van der Waals surface area contributed by atoms with Crippen LogP contribution in [0.25, 0.3) is 5.69 Å². The summed E-state index contributed by atoms with van der Waals surface area (Å²) in [5, 5.41) is 14.9. The molecule has 1 aromatic carbocycles. The van der Waals surface area contributed by atoms with Crippen LogP contribution in [0.3, 0.4) is 0 Å². The van der Waals surface area contributed by atoms with E-state index in [0.29, 0.717) is 11.3 Å². The van der Waals surface area contributed by atoms with E-state index >= 15 is 0 Å². The van der Waals surface area contributed by atoms with Gasteiger partial charge in [-0.1, -0.05) is 0 Å². The van der Waals surface area contributed by atoms with Crippen molar-refractivity contribution in [1.29, 1.82) is 0 Å². The first-order valence-electron chi connectivity index (χ1n) is 5.18. The summed E-state index contributed by atoms with van der Waals surface area (Å²) in [5.74, 6) is -0.444. The number of nitrogens with two attached hydrogens (primary N) is 1. The van der Waals surface area contributed by atoms with Crippen molar-refractivity contribution in [3.63, 3.8) is 0 Å². The third-order valence-electron chi connectivity index (χ3n) is 2.63. The minimum absolute atomic E-state index is 0.0628. The number of halogens is 1. The minimum atomic E-state index is -0.576. The summed E-state index contributed by atoms with van der Waals surface area (Å²) in [6.07, 6.45) is 0. The first kappa shape index (κ1) is 12.0. The van der Waals surface area contributed by atoms with Gasteiger partial charge < -0.3 is 5.73 Å². The molecule has 2 rings (SSSR count). The lowest BCUT2D eigenvalue weighted by Crippen LogP contribution is -2.05. The van der Waals surface area contributed by atoms with Crippen LogP contribution in [0.15, 0.2) is 18.2 Å². The minimum Gasteiger partial charge on any atom is -0.378 e. The fourth-order valence-corrected chi connectivity index (χ4v) is 1.80. The van der Waals surface area contributed by atoms with Gasteiger partial charge in [0.2, 0.25) is 5.82 Å². The Hall–Kier alpha value is -2.44. The molecular formula is C11H11FN4O2. The molecule has 18 heavy (non-hydrogen) atoms. The number of hydrogen-bond donors (Lipinski definition) is 1. The zero-order chi connectivity index (χ0) is 13.4.